The fourth-order valence-corrected chi connectivity index (χ4v) is 4.23. The summed E-state index contributed by atoms with van der Waals surface area (Å²) in [7, 11) is 0. The van der Waals surface area contributed by atoms with Gasteiger partial charge in [-0.05, 0) is 42.8 Å². The van der Waals surface area contributed by atoms with Crippen molar-refractivity contribution in [3.8, 4) is 0 Å². The van der Waals surface area contributed by atoms with Crippen LogP contribution in [0.4, 0.5) is 17.1 Å². The van der Waals surface area contributed by atoms with Crippen LogP contribution in [-0.2, 0) is 14.4 Å². The van der Waals surface area contributed by atoms with Crippen LogP contribution in [0.25, 0.3) is 0 Å². The van der Waals surface area contributed by atoms with Crippen molar-refractivity contribution in [2.24, 2.45) is 5.92 Å². The van der Waals surface area contributed by atoms with Crippen molar-refractivity contribution in [1.29, 1.82) is 0 Å². The van der Waals surface area contributed by atoms with Crippen molar-refractivity contribution in [3.05, 3.63) is 94.3 Å². The number of nitrogens with zero attached hydrogens (tertiary/aromatic N) is 4. The molecule has 2 amide bonds. The standard InChI is InChI=1S/C23H18N4O5/c1-14-5-7-16(8-6-14)25-22(28)19-20(15-9-11-24-12-10-15)26(32-21(19)23(25)29)17-3-2-4-18(13-17)27(30)31/h2-13,19-21H,1H3/t19-,20+,21+/m1/s1. The number of fused-ring (bicyclic) bond motifs is 1. The number of carbonyl (C=O) groups is 2. The molecule has 3 heterocycles. The summed E-state index contributed by atoms with van der Waals surface area (Å²) in [5, 5.41) is 12.7. The Labute approximate surface area is 183 Å². The van der Waals surface area contributed by atoms with Gasteiger partial charge in [-0.15, -0.1) is 0 Å². The number of non-ortho nitro benzene ring substituents is 1. The SMILES string of the molecule is Cc1ccc(N2C(=O)[C@H]3[C@H](ON(c4cccc([N+](=O)[O-])c4)[C@H]3c3ccncc3)C2=O)cc1. The summed E-state index contributed by atoms with van der Waals surface area (Å²) in [4.78, 5) is 48.7. The van der Waals surface area contributed by atoms with Crippen LogP contribution >= 0.6 is 0 Å². The van der Waals surface area contributed by atoms with Gasteiger partial charge in [0.2, 0.25) is 5.91 Å². The highest BCUT2D eigenvalue weighted by atomic mass is 16.7. The molecule has 9 nitrogen and oxygen atoms in total. The number of carbonyl (C=O) groups excluding carboxylic acids is 2. The lowest BCUT2D eigenvalue weighted by molar-refractivity contribution is -0.384. The number of nitro groups is 1. The highest BCUT2D eigenvalue weighted by Crippen LogP contribution is 2.47. The summed E-state index contributed by atoms with van der Waals surface area (Å²) in [6, 6.07) is 15.9. The molecule has 5 rings (SSSR count). The zero-order chi connectivity index (χ0) is 22.4. The van der Waals surface area contributed by atoms with Crippen molar-refractivity contribution in [1.82, 2.24) is 4.98 Å². The molecule has 3 aromatic rings. The number of anilines is 2. The molecular weight excluding hydrogens is 412 g/mol. The smallest absolute Gasteiger partial charge is 0.271 e. The Bertz CT molecular complexity index is 1210. The summed E-state index contributed by atoms with van der Waals surface area (Å²) in [5.74, 6) is -1.65. The number of aryl methyl sites for hydroxylation is 1. The number of aromatic nitrogens is 1. The Morgan fingerprint density at radius 2 is 1.69 bits per heavy atom. The van der Waals surface area contributed by atoms with E-state index in [1.807, 2.05) is 19.1 Å². The number of nitro benzene ring substituents is 1. The third kappa shape index (κ3) is 3.10. The molecule has 1 aromatic heterocycles. The maximum atomic E-state index is 13.5. The first-order valence-corrected chi connectivity index (χ1v) is 10.0. The predicted octanol–water partition coefficient (Wildman–Crippen LogP) is 3.35. The molecule has 0 radical (unpaired) electrons. The van der Waals surface area contributed by atoms with E-state index in [2.05, 4.69) is 4.98 Å². The largest absolute Gasteiger partial charge is 0.273 e. The fourth-order valence-electron chi connectivity index (χ4n) is 4.23. The lowest BCUT2D eigenvalue weighted by atomic mass is 9.91. The summed E-state index contributed by atoms with van der Waals surface area (Å²) >= 11 is 0. The van der Waals surface area contributed by atoms with Gasteiger partial charge in [0.1, 0.15) is 5.92 Å². The van der Waals surface area contributed by atoms with Gasteiger partial charge in [-0.1, -0.05) is 23.8 Å². The lowest BCUT2D eigenvalue weighted by Gasteiger charge is -2.28. The summed E-state index contributed by atoms with van der Waals surface area (Å²) in [6.45, 7) is 1.92. The van der Waals surface area contributed by atoms with Gasteiger partial charge < -0.3 is 0 Å². The van der Waals surface area contributed by atoms with Crippen LogP contribution in [-0.4, -0.2) is 27.8 Å². The molecule has 0 spiro atoms. The molecule has 2 aromatic carbocycles. The van der Waals surface area contributed by atoms with Gasteiger partial charge in [-0.2, -0.15) is 0 Å². The average molecular weight is 430 g/mol. The molecule has 0 aliphatic carbocycles. The Morgan fingerprint density at radius 1 is 0.969 bits per heavy atom. The number of hydrogen-bond donors (Lipinski definition) is 0. The van der Waals surface area contributed by atoms with Crippen LogP contribution in [0.3, 0.4) is 0 Å². The van der Waals surface area contributed by atoms with Crippen molar-refractivity contribution < 1.29 is 19.3 Å². The van der Waals surface area contributed by atoms with Crippen LogP contribution in [0, 0.1) is 23.0 Å². The number of imide groups is 1. The topological polar surface area (TPSA) is 106 Å². The second-order valence-corrected chi connectivity index (χ2v) is 7.73. The Morgan fingerprint density at radius 3 is 2.38 bits per heavy atom. The second-order valence-electron chi connectivity index (χ2n) is 7.73. The van der Waals surface area contributed by atoms with Crippen molar-refractivity contribution in [2.45, 2.75) is 19.1 Å². The molecule has 3 atom stereocenters. The van der Waals surface area contributed by atoms with Gasteiger partial charge in [0.15, 0.2) is 6.10 Å². The number of rotatable bonds is 4. The quantitative estimate of drug-likeness (QED) is 0.355. The first-order valence-electron chi connectivity index (χ1n) is 10.0. The molecule has 9 heteroatoms. The van der Waals surface area contributed by atoms with Gasteiger partial charge in [-0.3, -0.25) is 29.5 Å². The summed E-state index contributed by atoms with van der Waals surface area (Å²) < 4.78 is 0. The van der Waals surface area contributed by atoms with Crippen LogP contribution in [0.1, 0.15) is 17.2 Å². The molecule has 2 saturated heterocycles. The average Bonchev–Trinajstić information content (AvgIpc) is 3.31. The maximum absolute atomic E-state index is 13.5. The number of benzene rings is 2. The van der Waals surface area contributed by atoms with Gasteiger partial charge in [-0.25, -0.2) is 9.96 Å². The summed E-state index contributed by atoms with van der Waals surface area (Å²) in [5.41, 5.74) is 2.48. The van der Waals surface area contributed by atoms with E-state index in [4.69, 9.17) is 4.84 Å². The van der Waals surface area contributed by atoms with E-state index in [0.717, 1.165) is 10.5 Å². The van der Waals surface area contributed by atoms with E-state index in [9.17, 15) is 19.7 Å². The van der Waals surface area contributed by atoms with E-state index in [0.29, 0.717) is 16.9 Å². The van der Waals surface area contributed by atoms with E-state index in [-0.39, 0.29) is 11.6 Å². The van der Waals surface area contributed by atoms with E-state index < -0.39 is 28.9 Å². The second kappa shape index (κ2) is 7.54. The van der Waals surface area contributed by atoms with Gasteiger partial charge >= 0.3 is 0 Å². The van der Waals surface area contributed by atoms with Crippen LogP contribution < -0.4 is 9.96 Å². The highest BCUT2D eigenvalue weighted by molar-refractivity contribution is 6.23. The van der Waals surface area contributed by atoms with Crippen LogP contribution in [0.2, 0.25) is 0 Å². The van der Waals surface area contributed by atoms with E-state index in [1.54, 1.807) is 42.7 Å². The minimum absolute atomic E-state index is 0.115. The van der Waals surface area contributed by atoms with Gasteiger partial charge in [0.05, 0.1) is 22.3 Å². The molecule has 0 bridgehead atoms. The molecule has 160 valence electrons. The minimum Gasteiger partial charge on any atom is -0.273 e. The number of hydrogen-bond acceptors (Lipinski definition) is 7. The number of hydroxylamine groups is 1. The minimum atomic E-state index is -1.04. The van der Waals surface area contributed by atoms with Gasteiger partial charge in [0.25, 0.3) is 11.6 Å². The normalized spacial score (nSPS) is 22.3. The van der Waals surface area contributed by atoms with Crippen molar-refractivity contribution in [2.75, 3.05) is 9.96 Å². The van der Waals surface area contributed by atoms with Crippen LogP contribution in [0.15, 0.2) is 73.1 Å². The molecule has 2 aliphatic heterocycles. The number of pyridine rings is 1. The fraction of sp³-hybridized carbons (Fsp3) is 0.174. The molecule has 2 fully saturated rings. The third-order valence-corrected chi connectivity index (χ3v) is 5.75. The van der Waals surface area contributed by atoms with Crippen LogP contribution in [0.5, 0.6) is 0 Å². The summed E-state index contributed by atoms with van der Waals surface area (Å²) in [6.07, 6.45) is 2.14. The Kier molecular flexibility index (Phi) is 4.67. The van der Waals surface area contributed by atoms with E-state index in [1.165, 1.54) is 23.3 Å². The number of amides is 2. The Hall–Kier alpha value is -4.11. The molecular formula is C23H18N4O5. The molecule has 32 heavy (non-hydrogen) atoms. The van der Waals surface area contributed by atoms with Gasteiger partial charge in [0, 0.05) is 24.5 Å². The lowest BCUT2D eigenvalue weighted by Crippen LogP contribution is -2.37. The van der Waals surface area contributed by atoms with Crippen molar-refractivity contribution in [3.63, 3.8) is 0 Å². The highest BCUT2D eigenvalue weighted by Gasteiger charge is 2.60. The Balaban J connectivity index is 1.58. The first-order chi connectivity index (χ1) is 15.5. The molecule has 0 saturated carbocycles. The molecule has 0 N–H and O–H groups in total. The van der Waals surface area contributed by atoms with Crippen molar-refractivity contribution >= 4 is 28.9 Å². The zero-order valence-electron chi connectivity index (χ0n) is 17.0. The third-order valence-electron chi connectivity index (χ3n) is 5.75. The first kappa shape index (κ1) is 19.8. The monoisotopic (exact) mass is 430 g/mol. The maximum Gasteiger partial charge on any atom is 0.271 e. The van der Waals surface area contributed by atoms with E-state index >= 15 is 0 Å². The zero-order valence-corrected chi connectivity index (χ0v) is 17.0. The molecule has 0 unspecified atom stereocenters. The predicted molar refractivity (Wildman–Crippen MR) is 115 cm³/mol. The molecule has 2 aliphatic rings.